The Hall–Kier alpha value is -2.22. The van der Waals surface area contributed by atoms with Gasteiger partial charge in [0.25, 0.3) is 5.91 Å². The molecule has 2 aromatic carbocycles. The minimum Gasteiger partial charge on any atom is -0.355 e. The average molecular weight is 481 g/mol. The molecule has 0 aliphatic carbocycles. The summed E-state index contributed by atoms with van der Waals surface area (Å²) in [5.74, 6) is 0.307. The summed E-state index contributed by atoms with van der Waals surface area (Å²) in [5, 5.41) is 6.51. The molecule has 0 spiro atoms. The van der Waals surface area contributed by atoms with E-state index in [1.54, 1.807) is 5.01 Å². The highest BCUT2D eigenvalue weighted by Gasteiger charge is 2.33. The lowest BCUT2D eigenvalue weighted by molar-refractivity contribution is -0.130. The maximum Gasteiger partial charge on any atom is 0.253 e. The van der Waals surface area contributed by atoms with Crippen molar-refractivity contribution in [1.29, 1.82) is 0 Å². The zero-order valence-electron chi connectivity index (χ0n) is 19.7. The van der Waals surface area contributed by atoms with Crippen LogP contribution in [0.15, 0.2) is 53.6 Å². The molecule has 5 nitrogen and oxygen atoms in total. The van der Waals surface area contributed by atoms with E-state index in [0.29, 0.717) is 12.2 Å². The van der Waals surface area contributed by atoms with Gasteiger partial charge in [0.1, 0.15) is 4.32 Å². The van der Waals surface area contributed by atoms with Crippen molar-refractivity contribution in [3.8, 4) is 0 Å². The lowest BCUT2D eigenvalue weighted by atomic mass is 9.96. The van der Waals surface area contributed by atoms with Crippen LogP contribution >= 0.6 is 24.0 Å². The molecule has 1 saturated heterocycles. The smallest absolute Gasteiger partial charge is 0.253 e. The first-order valence-electron chi connectivity index (χ1n) is 11.6. The summed E-state index contributed by atoms with van der Waals surface area (Å²) in [7, 11) is 0. The van der Waals surface area contributed by atoms with Gasteiger partial charge in [-0.25, -0.2) is 5.01 Å². The van der Waals surface area contributed by atoms with E-state index in [0.717, 1.165) is 53.9 Å². The lowest BCUT2D eigenvalue weighted by Gasteiger charge is -2.35. The van der Waals surface area contributed by atoms with Crippen molar-refractivity contribution in [2.24, 2.45) is 5.10 Å². The molecule has 33 heavy (non-hydrogen) atoms. The minimum absolute atomic E-state index is 0.00207. The monoisotopic (exact) mass is 480 g/mol. The second-order valence-electron chi connectivity index (χ2n) is 8.69. The van der Waals surface area contributed by atoms with Crippen LogP contribution in [0.3, 0.4) is 0 Å². The molecule has 7 heteroatoms. The second-order valence-corrected chi connectivity index (χ2v) is 10.3. The van der Waals surface area contributed by atoms with E-state index in [-0.39, 0.29) is 11.9 Å². The Bertz CT molecular complexity index is 1030. The number of thioether (sulfide) groups is 1. The summed E-state index contributed by atoms with van der Waals surface area (Å²) in [6.07, 6.45) is 0.715. The third-order valence-electron chi connectivity index (χ3n) is 6.59. The van der Waals surface area contributed by atoms with Gasteiger partial charge in [0, 0.05) is 32.6 Å². The maximum atomic E-state index is 13.3. The number of nitrogens with zero attached hydrogens (tertiary/aromatic N) is 4. The summed E-state index contributed by atoms with van der Waals surface area (Å²) < 4.78 is 0.813. The van der Waals surface area contributed by atoms with Crippen molar-refractivity contribution in [3.05, 3.63) is 70.8 Å². The number of carbonyl (C=O) groups excluding carboxylic acids is 1. The molecule has 174 valence electrons. The number of amides is 1. The number of rotatable bonds is 5. The molecule has 1 unspecified atom stereocenters. The molecule has 0 aromatic heterocycles. The van der Waals surface area contributed by atoms with Gasteiger partial charge >= 0.3 is 0 Å². The van der Waals surface area contributed by atoms with E-state index >= 15 is 0 Å². The number of thiocarbonyl (C=S) groups is 1. The predicted molar refractivity (Wildman–Crippen MR) is 142 cm³/mol. The van der Waals surface area contributed by atoms with Crippen LogP contribution in [-0.4, -0.2) is 69.2 Å². The van der Waals surface area contributed by atoms with Crippen LogP contribution in [-0.2, 0) is 4.79 Å². The number of benzene rings is 2. The van der Waals surface area contributed by atoms with Gasteiger partial charge < -0.3 is 9.80 Å². The number of hydrogen-bond donors (Lipinski definition) is 0. The summed E-state index contributed by atoms with van der Waals surface area (Å²) in [6.45, 7) is 11.4. The molecule has 0 N–H and O–H groups in total. The van der Waals surface area contributed by atoms with Gasteiger partial charge in [0.2, 0.25) is 0 Å². The fraction of sp³-hybridized carbons (Fsp3) is 0.423. The highest BCUT2D eigenvalue weighted by Crippen LogP contribution is 2.33. The number of aryl methyl sites for hydroxylation is 2. The van der Waals surface area contributed by atoms with Crippen molar-refractivity contribution in [3.63, 3.8) is 0 Å². The van der Waals surface area contributed by atoms with Crippen LogP contribution < -0.4 is 0 Å². The second kappa shape index (κ2) is 10.8. The van der Waals surface area contributed by atoms with E-state index in [1.807, 2.05) is 18.2 Å². The number of likely N-dealkylation sites (N-methyl/N-ethyl adjacent to an activating group) is 1. The van der Waals surface area contributed by atoms with Crippen molar-refractivity contribution in [1.82, 2.24) is 14.8 Å². The van der Waals surface area contributed by atoms with E-state index in [2.05, 4.69) is 60.9 Å². The van der Waals surface area contributed by atoms with Gasteiger partial charge in [0.05, 0.1) is 17.5 Å². The third kappa shape index (κ3) is 5.65. The molecule has 0 saturated carbocycles. The standard InChI is InChI=1S/C26H32N4OS2/c1-4-28-12-14-29(15-13-28)26(32)33-18-25(31)30-24(21-8-6-5-7-9-21)17-23(27-30)22-11-10-19(2)20(3)16-22/h5-11,16,24H,4,12-15,17-18H2,1-3H3. The number of hydrogen-bond acceptors (Lipinski definition) is 5. The molecule has 0 radical (unpaired) electrons. The van der Waals surface area contributed by atoms with Gasteiger partial charge in [0.15, 0.2) is 0 Å². The molecule has 2 aliphatic rings. The molecular formula is C26H32N4OS2. The van der Waals surface area contributed by atoms with Gasteiger partial charge in [-0.1, -0.05) is 73.4 Å². The van der Waals surface area contributed by atoms with Gasteiger partial charge in [-0.15, -0.1) is 0 Å². The zero-order valence-corrected chi connectivity index (χ0v) is 21.3. The molecule has 1 atom stereocenters. The zero-order chi connectivity index (χ0) is 23.4. The van der Waals surface area contributed by atoms with Crippen molar-refractivity contribution < 1.29 is 4.79 Å². The molecule has 2 aromatic rings. The summed E-state index contributed by atoms with van der Waals surface area (Å²) in [5.41, 5.74) is 5.65. The largest absolute Gasteiger partial charge is 0.355 e. The maximum absolute atomic E-state index is 13.3. The molecule has 1 fully saturated rings. The summed E-state index contributed by atoms with van der Waals surface area (Å²) >= 11 is 7.12. The first-order chi connectivity index (χ1) is 16.0. The number of carbonyl (C=O) groups is 1. The van der Waals surface area contributed by atoms with Crippen molar-refractivity contribution in [2.75, 3.05) is 38.5 Å². The fourth-order valence-electron chi connectivity index (χ4n) is 4.30. The number of piperazine rings is 1. The highest BCUT2D eigenvalue weighted by atomic mass is 32.2. The molecule has 4 rings (SSSR count). The Morgan fingerprint density at radius 2 is 1.79 bits per heavy atom. The quantitative estimate of drug-likeness (QED) is 0.583. The van der Waals surface area contributed by atoms with Crippen LogP contribution in [0, 0.1) is 13.8 Å². The van der Waals surface area contributed by atoms with Crippen LogP contribution in [0.25, 0.3) is 0 Å². The molecule has 0 bridgehead atoms. The first-order valence-corrected chi connectivity index (χ1v) is 13.0. The Morgan fingerprint density at radius 1 is 1.06 bits per heavy atom. The van der Waals surface area contributed by atoms with E-state index < -0.39 is 0 Å². The Kier molecular flexibility index (Phi) is 7.83. The third-order valence-corrected chi connectivity index (χ3v) is 8.10. The van der Waals surface area contributed by atoms with E-state index in [1.165, 1.54) is 22.9 Å². The van der Waals surface area contributed by atoms with E-state index in [9.17, 15) is 4.79 Å². The minimum atomic E-state index is -0.0856. The van der Waals surface area contributed by atoms with Gasteiger partial charge in [-0.3, -0.25) is 4.79 Å². The SMILES string of the molecule is CCN1CCN(C(=S)SCC(=O)N2N=C(c3ccc(C)c(C)c3)CC2c2ccccc2)CC1. The topological polar surface area (TPSA) is 39.1 Å². The summed E-state index contributed by atoms with van der Waals surface area (Å²) in [4.78, 5) is 18.0. The molecule has 2 aliphatic heterocycles. The van der Waals surface area contributed by atoms with Gasteiger partial charge in [-0.2, -0.15) is 5.10 Å². The normalized spacial score (nSPS) is 19.0. The number of hydrazone groups is 1. The highest BCUT2D eigenvalue weighted by molar-refractivity contribution is 8.23. The Morgan fingerprint density at radius 3 is 2.45 bits per heavy atom. The van der Waals surface area contributed by atoms with Crippen molar-refractivity contribution >= 4 is 39.9 Å². The summed E-state index contributed by atoms with van der Waals surface area (Å²) in [6, 6.07) is 16.5. The fourth-order valence-corrected chi connectivity index (χ4v) is 5.40. The van der Waals surface area contributed by atoms with Gasteiger partial charge in [-0.05, 0) is 48.7 Å². The predicted octanol–water partition coefficient (Wildman–Crippen LogP) is 4.64. The van der Waals surface area contributed by atoms with Crippen LogP contribution in [0.4, 0.5) is 0 Å². The molecule has 2 heterocycles. The Balaban J connectivity index is 1.47. The van der Waals surface area contributed by atoms with Crippen LogP contribution in [0.1, 0.15) is 41.6 Å². The van der Waals surface area contributed by atoms with Crippen molar-refractivity contribution in [2.45, 2.75) is 33.2 Å². The molecule has 1 amide bonds. The first kappa shape index (κ1) is 23.9. The molecular weight excluding hydrogens is 448 g/mol. The average Bonchev–Trinajstić information content (AvgIpc) is 3.30. The lowest BCUT2D eigenvalue weighted by Crippen LogP contribution is -2.47. The van der Waals surface area contributed by atoms with Crippen LogP contribution in [0.5, 0.6) is 0 Å². The van der Waals surface area contributed by atoms with Crippen LogP contribution in [0.2, 0.25) is 0 Å². The Labute approximate surface area is 206 Å². The van der Waals surface area contributed by atoms with E-state index in [4.69, 9.17) is 17.3 Å².